The standard InChI is InChI=1S/C15H31N3/c1-5-13(2)17-8-10-18(11-9-17)14-6-7-16-12-15(14,3)4/h13-14,16H,5-12H2,1-4H3. The van der Waals surface area contributed by atoms with E-state index in [9.17, 15) is 0 Å². The maximum absolute atomic E-state index is 3.54. The average molecular weight is 253 g/mol. The summed E-state index contributed by atoms with van der Waals surface area (Å²) in [4.78, 5) is 5.41. The van der Waals surface area contributed by atoms with E-state index in [2.05, 4.69) is 42.8 Å². The van der Waals surface area contributed by atoms with Crippen LogP contribution in [-0.2, 0) is 0 Å². The predicted molar refractivity (Wildman–Crippen MR) is 78.0 cm³/mol. The lowest BCUT2D eigenvalue weighted by molar-refractivity contribution is 0.0114. The van der Waals surface area contributed by atoms with Crippen LogP contribution in [0, 0.1) is 5.41 Å². The number of nitrogens with zero attached hydrogens (tertiary/aromatic N) is 2. The van der Waals surface area contributed by atoms with E-state index in [4.69, 9.17) is 0 Å². The number of rotatable bonds is 3. The molecule has 2 aliphatic heterocycles. The molecule has 18 heavy (non-hydrogen) atoms. The van der Waals surface area contributed by atoms with Crippen LogP contribution in [0.3, 0.4) is 0 Å². The van der Waals surface area contributed by atoms with Crippen molar-refractivity contribution in [1.29, 1.82) is 0 Å². The van der Waals surface area contributed by atoms with E-state index in [1.165, 1.54) is 52.1 Å². The van der Waals surface area contributed by atoms with Crippen LogP contribution in [0.15, 0.2) is 0 Å². The van der Waals surface area contributed by atoms with Crippen molar-refractivity contribution in [2.75, 3.05) is 39.3 Å². The van der Waals surface area contributed by atoms with Gasteiger partial charge in [-0.2, -0.15) is 0 Å². The minimum absolute atomic E-state index is 0.427. The van der Waals surface area contributed by atoms with E-state index in [1.54, 1.807) is 0 Å². The van der Waals surface area contributed by atoms with Gasteiger partial charge in [0.1, 0.15) is 0 Å². The quantitative estimate of drug-likeness (QED) is 0.827. The summed E-state index contributed by atoms with van der Waals surface area (Å²) in [5, 5.41) is 3.54. The molecule has 0 bridgehead atoms. The van der Waals surface area contributed by atoms with Crippen LogP contribution in [-0.4, -0.2) is 61.2 Å². The monoisotopic (exact) mass is 253 g/mol. The van der Waals surface area contributed by atoms with Gasteiger partial charge in [0.25, 0.3) is 0 Å². The third-order valence-electron chi connectivity index (χ3n) is 5.08. The fourth-order valence-electron chi connectivity index (χ4n) is 3.58. The highest BCUT2D eigenvalue weighted by atomic mass is 15.3. The van der Waals surface area contributed by atoms with E-state index in [0.29, 0.717) is 5.41 Å². The van der Waals surface area contributed by atoms with Gasteiger partial charge in [0.05, 0.1) is 0 Å². The third kappa shape index (κ3) is 3.06. The first kappa shape index (κ1) is 14.3. The molecule has 0 saturated carbocycles. The average Bonchev–Trinajstić information content (AvgIpc) is 2.37. The Morgan fingerprint density at radius 3 is 2.44 bits per heavy atom. The van der Waals surface area contributed by atoms with Gasteiger partial charge in [-0.3, -0.25) is 9.80 Å². The van der Waals surface area contributed by atoms with Gasteiger partial charge in [-0.1, -0.05) is 20.8 Å². The zero-order chi connectivity index (χ0) is 13.2. The Balaban J connectivity index is 1.89. The highest BCUT2D eigenvalue weighted by Crippen LogP contribution is 2.30. The van der Waals surface area contributed by atoms with Gasteiger partial charge in [0.15, 0.2) is 0 Å². The fraction of sp³-hybridized carbons (Fsp3) is 1.00. The van der Waals surface area contributed by atoms with E-state index in [1.807, 2.05) is 0 Å². The van der Waals surface area contributed by atoms with Crippen LogP contribution in [0.1, 0.15) is 40.5 Å². The second-order valence-electron chi connectivity index (χ2n) is 6.80. The summed E-state index contributed by atoms with van der Waals surface area (Å²) >= 11 is 0. The molecule has 3 heteroatoms. The van der Waals surface area contributed by atoms with Crippen molar-refractivity contribution in [3.63, 3.8) is 0 Å². The minimum Gasteiger partial charge on any atom is -0.316 e. The molecular weight excluding hydrogens is 222 g/mol. The van der Waals surface area contributed by atoms with Gasteiger partial charge in [-0.15, -0.1) is 0 Å². The lowest BCUT2D eigenvalue weighted by atomic mass is 9.79. The molecule has 2 unspecified atom stereocenters. The summed E-state index contributed by atoms with van der Waals surface area (Å²) in [6.45, 7) is 16.9. The Morgan fingerprint density at radius 2 is 1.89 bits per heavy atom. The van der Waals surface area contributed by atoms with Crippen LogP contribution in [0.25, 0.3) is 0 Å². The summed E-state index contributed by atoms with van der Waals surface area (Å²) < 4.78 is 0. The normalized spacial score (nSPS) is 32.3. The van der Waals surface area contributed by atoms with Crippen molar-refractivity contribution in [2.45, 2.75) is 52.6 Å². The fourth-order valence-corrected chi connectivity index (χ4v) is 3.58. The molecule has 2 rings (SSSR count). The molecule has 2 aliphatic rings. The summed E-state index contributed by atoms with van der Waals surface area (Å²) in [7, 11) is 0. The van der Waals surface area contributed by atoms with Gasteiger partial charge >= 0.3 is 0 Å². The number of piperidine rings is 1. The SMILES string of the molecule is CCC(C)N1CCN(C2CCNCC2(C)C)CC1. The lowest BCUT2D eigenvalue weighted by Gasteiger charge is -2.49. The Hall–Kier alpha value is -0.120. The highest BCUT2D eigenvalue weighted by molar-refractivity contribution is 4.93. The molecule has 1 N–H and O–H groups in total. The zero-order valence-corrected chi connectivity index (χ0v) is 12.7. The minimum atomic E-state index is 0.427. The van der Waals surface area contributed by atoms with E-state index >= 15 is 0 Å². The van der Waals surface area contributed by atoms with E-state index in [0.717, 1.165) is 12.1 Å². The van der Waals surface area contributed by atoms with E-state index in [-0.39, 0.29) is 0 Å². The summed E-state index contributed by atoms with van der Waals surface area (Å²) in [6, 6.07) is 1.53. The Morgan fingerprint density at radius 1 is 1.22 bits per heavy atom. The molecule has 2 saturated heterocycles. The largest absolute Gasteiger partial charge is 0.316 e. The molecule has 0 aliphatic carbocycles. The molecule has 2 fully saturated rings. The first-order valence-electron chi connectivity index (χ1n) is 7.73. The molecule has 0 aromatic heterocycles. The van der Waals surface area contributed by atoms with Crippen LogP contribution >= 0.6 is 0 Å². The summed E-state index contributed by atoms with van der Waals surface area (Å²) in [6.07, 6.45) is 2.59. The molecule has 0 aromatic carbocycles. The van der Waals surface area contributed by atoms with Gasteiger partial charge in [0.2, 0.25) is 0 Å². The molecule has 0 radical (unpaired) electrons. The molecule has 3 nitrogen and oxygen atoms in total. The Bertz CT molecular complexity index is 256. The van der Waals surface area contributed by atoms with Gasteiger partial charge in [-0.05, 0) is 31.7 Å². The highest BCUT2D eigenvalue weighted by Gasteiger charge is 2.37. The van der Waals surface area contributed by atoms with Crippen LogP contribution < -0.4 is 5.32 Å². The third-order valence-corrected chi connectivity index (χ3v) is 5.08. The molecule has 2 atom stereocenters. The van der Waals surface area contributed by atoms with E-state index < -0.39 is 0 Å². The smallest absolute Gasteiger partial charge is 0.0172 e. The van der Waals surface area contributed by atoms with Crippen molar-refractivity contribution in [2.24, 2.45) is 5.41 Å². The van der Waals surface area contributed by atoms with Gasteiger partial charge < -0.3 is 5.32 Å². The molecule has 106 valence electrons. The molecule has 0 aromatic rings. The number of hydrogen-bond donors (Lipinski definition) is 1. The Labute approximate surface area is 113 Å². The topological polar surface area (TPSA) is 18.5 Å². The molecule has 2 heterocycles. The predicted octanol–water partition coefficient (Wildman–Crippen LogP) is 1.79. The van der Waals surface area contributed by atoms with Crippen molar-refractivity contribution in [1.82, 2.24) is 15.1 Å². The maximum Gasteiger partial charge on any atom is 0.0172 e. The van der Waals surface area contributed by atoms with Crippen LogP contribution in [0.4, 0.5) is 0 Å². The molecule has 0 spiro atoms. The zero-order valence-electron chi connectivity index (χ0n) is 12.7. The summed E-state index contributed by atoms with van der Waals surface area (Å²) in [5.41, 5.74) is 0.427. The lowest BCUT2D eigenvalue weighted by Crippen LogP contribution is -2.59. The van der Waals surface area contributed by atoms with Crippen molar-refractivity contribution in [3.05, 3.63) is 0 Å². The maximum atomic E-state index is 3.54. The van der Waals surface area contributed by atoms with Gasteiger partial charge in [-0.25, -0.2) is 0 Å². The first-order chi connectivity index (χ1) is 8.54. The van der Waals surface area contributed by atoms with Crippen LogP contribution in [0.2, 0.25) is 0 Å². The van der Waals surface area contributed by atoms with Crippen molar-refractivity contribution < 1.29 is 0 Å². The number of nitrogens with one attached hydrogen (secondary N) is 1. The molecule has 0 amide bonds. The van der Waals surface area contributed by atoms with Crippen LogP contribution in [0.5, 0.6) is 0 Å². The van der Waals surface area contributed by atoms with Gasteiger partial charge in [0, 0.05) is 44.8 Å². The number of piperazine rings is 1. The summed E-state index contributed by atoms with van der Waals surface area (Å²) in [5.74, 6) is 0. The van der Waals surface area contributed by atoms with Crippen molar-refractivity contribution >= 4 is 0 Å². The number of hydrogen-bond acceptors (Lipinski definition) is 3. The first-order valence-corrected chi connectivity index (χ1v) is 7.73. The second kappa shape index (κ2) is 5.89. The molecular formula is C15H31N3. The van der Waals surface area contributed by atoms with Crippen molar-refractivity contribution in [3.8, 4) is 0 Å². The second-order valence-corrected chi connectivity index (χ2v) is 6.80. The Kier molecular flexibility index (Phi) is 4.68.